The molecule has 4 aromatic rings. The van der Waals surface area contributed by atoms with E-state index in [-0.39, 0.29) is 64.1 Å². The Morgan fingerprint density at radius 1 is 0.383 bits per heavy atom. The van der Waals surface area contributed by atoms with Crippen molar-refractivity contribution in [2.75, 3.05) is 27.2 Å². The van der Waals surface area contributed by atoms with Crippen LogP contribution in [0.1, 0.15) is 169 Å². The minimum absolute atomic E-state index is 0.0789. The minimum Gasteiger partial charge on any atom is -0.457 e. The summed E-state index contributed by atoms with van der Waals surface area (Å²) in [6.07, 6.45) is 6.74. The van der Waals surface area contributed by atoms with Gasteiger partial charge in [-0.1, -0.05) is 85.2 Å². The predicted octanol–water partition coefficient (Wildman–Crippen LogP) is 11.4. The van der Waals surface area contributed by atoms with Gasteiger partial charge in [0.05, 0.1) is 24.3 Å². The molecule has 4 aliphatic heterocycles. The van der Waals surface area contributed by atoms with Crippen molar-refractivity contribution < 1.29 is 48.1 Å². The van der Waals surface area contributed by atoms with E-state index >= 15 is 0 Å². The molecule has 4 atom stereocenters. The zero-order valence-corrected chi connectivity index (χ0v) is 38.0. The molecule has 320 valence electrons. The number of aliphatic hydroxyl groups excluding tert-OH is 2. The van der Waals surface area contributed by atoms with E-state index in [4.69, 9.17) is 37.9 Å². The molecule has 0 aromatic heterocycles. The fourth-order valence-corrected chi connectivity index (χ4v) is 11.6. The molecule has 2 N–H and O–H groups in total. The molecule has 0 saturated carbocycles. The van der Waals surface area contributed by atoms with Crippen LogP contribution in [0.4, 0.5) is 0 Å². The van der Waals surface area contributed by atoms with Gasteiger partial charge in [-0.05, 0) is 49.9 Å². The van der Waals surface area contributed by atoms with Gasteiger partial charge < -0.3 is 48.1 Å². The van der Waals surface area contributed by atoms with E-state index in [1.54, 1.807) is 0 Å². The Morgan fingerprint density at radius 3 is 0.750 bits per heavy atom. The van der Waals surface area contributed by atoms with E-state index in [9.17, 15) is 10.2 Å². The Kier molecular flexibility index (Phi) is 12.1. The van der Waals surface area contributed by atoms with Gasteiger partial charge in [0.25, 0.3) is 0 Å². The summed E-state index contributed by atoms with van der Waals surface area (Å²) in [6, 6.07) is 9.20. The van der Waals surface area contributed by atoms with Crippen molar-refractivity contribution in [2.45, 2.75) is 127 Å². The number of hydrogen-bond donors (Lipinski definition) is 2. The third-order valence-electron chi connectivity index (χ3n) is 13.1. The zero-order valence-electron chi connectivity index (χ0n) is 34.8. The second-order valence-electron chi connectivity index (χ2n) is 16.3. The Hall–Kier alpha value is -3.84. The molecule has 0 spiro atoms. The largest absolute Gasteiger partial charge is 0.457 e. The molecule has 0 amide bonds. The van der Waals surface area contributed by atoms with Crippen LogP contribution in [0, 0.1) is 0 Å². The normalized spacial score (nSPS) is 20.3. The summed E-state index contributed by atoms with van der Waals surface area (Å²) in [5, 5.41) is 23.6. The van der Waals surface area contributed by atoms with Gasteiger partial charge in [0.1, 0.15) is 46.0 Å². The summed E-state index contributed by atoms with van der Waals surface area (Å²) < 4.78 is 53.2. The Labute approximate surface area is 369 Å². The van der Waals surface area contributed by atoms with Crippen molar-refractivity contribution in [2.24, 2.45) is 0 Å². The van der Waals surface area contributed by atoms with Crippen LogP contribution in [0.3, 0.4) is 0 Å². The maximum Gasteiger partial charge on any atom is 0.230 e. The summed E-state index contributed by atoms with van der Waals surface area (Å²) in [7, 11) is 0. The highest BCUT2D eigenvalue weighted by Crippen LogP contribution is 2.58. The standard InChI is InChI=1S/C48H54Br2O10/c1-5-9-25-29-13-30-26(10-6-2)35-16-36-28(12-8-4)32-14-31-27(11-7-3)34-15-33(25)45-39(19-51)46(34)58-23-55-43(31)38(18-50)44(32)56-24-60-48(36)40(20-52)47(35)59-22-54-42(30)37(17-49)41(29)53-21-57-45/h13-16,25-28,51-52H,5-12,17-24H2,1-4H3/t25-,26-,27+,28+. The Bertz CT molecular complexity index is 1850. The molecule has 4 heterocycles. The van der Waals surface area contributed by atoms with Crippen LogP contribution in [-0.4, -0.2) is 37.4 Å². The number of halogens is 2. The van der Waals surface area contributed by atoms with E-state index in [2.05, 4.69) is 83.8 Å². The van der Waals surface area contributed by atoms with Crippen LogP contribution in [-0.2, 0) is 23.9 Å². The van der Waals surface area contributed by atoms with Gasteiger partial charge in [-0.15, -0.1) is 0 Å². The zero-order chi connectivity index (χ0) is 41.7. The van der Waals surface area contributed by atoms with E-state index in [0.717, 1.165) is 130 Å². The highest BCUT2D eigenvalue weighted by Gasteiger charge is 2.41. The molecule has 9 rings (SSSR count). The predicted molar refractivity (Wildman–Crippen MR) is 234 cm³/mol. The molecule has 0 radical (unpaired) electrons. The molecule has 0 saturated heterocycles. The summed E-state index contributed by atoms with van der Waals surface area (Å²) in [5.74, 6) is 4.62. The lowest BCUT2D eigenvalue weighted by atomic mass is 9.74. The average molecular weight is 951 g/mol. The van der Waals surface area contributed by atoms with Crippen LogP contribution in [0.15, 0.2) is 24.3 Å². The first-order chi connectivity index (χ1) is 29.5. The van der Waals surface area contributed by atoms with Crippen LogP contribution in [0.5, 0.6) is 46.0 Å². The third kappa shape index (κ3) is 6.61. The number of alkyl halides is 2. The first-order valence-corrected chi connectivity index (χ1v) is 23.8. The monoisotopic (exact) mass is 948 g/mol. The van der Waals surface area contributed by atoms with Gasteiger partial charge in [0.2, 0.25) is 27.2 Å². The van der Waals surface area contributed by atoms with Gasteiger partial charge in [0, 0.05) is 90.0 Å². The second-order valence-corrected chi connectivity index (χ2v) is 17.5. The van der Waals surface area contributed by atoms with Crippen molar-refractivity contribution in [1.29, 1.82) is 0 Å². The highest BCUT2D eigenvalue weighted by molar-refractivity contribution is 9.08. The van der Waals surface area contributed by atoms with Crippen molar-refractivity contribution >= 4 is 31.9 Å². The van der Waals surface area contributed by atoms with Gasteiger partial charge >= 0.3 is 0 Å². The highest BCUT2D eigenvalue weighted by atomic mass is 79.9. The molecule has 1 aliphatic carbocycles. The Morgan fingerprint density at radius 2 is 0.583 bits per heavy atom. The number of aliphatic hydroxyl groups is 2. The average Bonchev–Trinajstić information content (AvgIpc) is 3.24. The molecule has 12 heteroatoms. The lowest BCUT2D eigenvalue weighted by Crippen LogP contribution is -2.25. The minimum atomic E-state index is -0.289. The molecule has 10 nitrogen and oxygen atoms in total. The van der Waals surface area contributed by atoms with E-state index < -0.39 is 0 Å². The fourth-order valence-electron chi connectivity index (χ4n) is 10.6. The quantitative estimate of drug-likeness (QED) is 0.133. The maximum atomic E-state index is 11.3. The van der Waals surface area contributed by atoms with E-state index in [1.165, 1.54) is 0 Å². The Balaban J connectivity index is 1.50. The molecule has 4 aromatic carbocycles. The van der Waals surface area contributed by atoms with Crippen LogP contribution in [0.25, 0.3) is 0 Å². The number of ether oxygens (including phenoxy) is 8. The first-order valence-electron chi connectivity index (χ1n) is 21.6. The third-order valence-corrected chi connectivity index (χ3v) is 14.2. The maximum absolute atomic E-state index is 11.3. The fraction of sp³-hybridized carbons (Fsp3) is 0.500. The van der Waals surface area contributed by atoms with E-state index in [1.807, 2.05) is 0 Å². The van der Waals surface area contributed by atoms with Gasteiger partial charge in [-0.25, -0.2) is 0 Å². The number of benzene rings is 4. The molecule has 0 unspecified atom stereocenters. The van der Waals surface area contributed by atoms with Gasteiger partial charge in [-0.3, -0.25) is 0 Å². The van der Waals surface area contributed by atoms with Crippen molar-refractivity contribution in [1.82, 2.24) is 0 Å². The topological polar surface area (TPSA) is 114 Å². The van der Waals surface area contributed by atoms with Crippen molar-refractivity contribution in [3.63, 3.8) is 0 Å². The van der Waals surface area contributed by atoms with Crippen LogP contribution >= 0.6 is 31.9 Å². The van der Waals surface area contributed by atoms with Crippen molar-refractivity contribution in [3.05, 3.63) is 91.0 Å². The molecule has 8 bridgehead atoms. The summed E-state index contributed by atoms with van der Waals surface area (Å²) in [4.78, 5) is 0. The number of hydrogen-bond acceptors (Lipinski definition) is 10. The molecule has 5 aliphatic rings. The van der Waals surface area contributed by atoms with E-state index in [0.29, 0.717) is 44.8 Å². The molecule has 60 heavy (non-hydrogen) atoms. The molecular formula is C48H54Br2O10. The SMILES string of the molecule is CCC[C@@H]1c2cc3c4c(CO)c2OCOc2c1cc1c(c2CBr)OCOc2c(cc5c(c2CO)OCOc2c(cc(c(c2CBr)OCO4)[C@H]3CCC)[C@H]5CCC)[C@H]1CCC. The molecule has 0 fully saturated rings. The van der Waals surface area contributed by atoms with Gasteiger partial charge in [0.15, 0.2) is 0 Å². The first kappa shape index (κ1) is 41.5. The number of rotatable bonds is 12. The second kappa shape index (κ2) is 17.5. The summed E-state index contributed by atoms with van der Waals surface area (Å²) in [5.41, 5.74) is 11.2. The summed E-state index contributed by atoms with van der Waals surface area (Å²) in [6.45, 7) is 7.92. The molecular weight excluding hydrogens is 896 g/mol. The summed E-state index contributed by atoms with van der Waals surface area (Å²) >= 11 is 7.72. The van der Waals surface area contributed by atoms with Crippen molar-refractivity contribution in [3.8, 4) is 46.0 Å². The smallest absolute Gasteiger partial charge is 0.230 e. The van der Waals surface area contributed by atoms with Crippen LogP contribution in [0.2, 0.25) is 0 Å². The lowest BCUT2D eigenvalue weighted by molar-refractivity contribution is 0.0917. The van der Waals surface area contributed by atoms with Crippen LogP contribution < -0.4 is 37.9 Å². The lowest BCUT2D eigenvalue weighted by Gasteiger charge is -2.37. The van der Waals surface area contributed by atoms with Gasteiger partial charge in [-0.2, -0.15) is 0 Å².